The summed E-state index contributed by atoms with van der Waals surface area (Å²) in [6, 6.07) is 1.62. The number of nitrogen functional groups attached to an aromatic ring is 1. The van der Waals surface area contributed by atoms with Gasteiger partial charge in [0.2, 0.25) is 0 Å². The van der Waals surface area contributed by atoms with Crippen molar-refractivity contribution < 1.29 is 5.11 Å². The molecule has 1 fully saturated rings. The monoisotopic (exact) mass is 434 g/mol. The van der Waals surface area contributed by atoms with E-state index in [2.05, 4.69) is 20.3 Å². The smallest absolute Gasteiger partial charge is 0.155 e. The standard InChI is InChI=1S/C18H25ClN8O.C2H6/c1-18(22)4-7-27(8-5-18)17-11(9-28)25-14(15(21)26-17)13(20)10-3-6-24-16(23-2)12(10)19;1-2/h3,6,20,28H,4-5,7-9,22H2,1-2H3,(H2,21,26)(H,23,24);1-2H3. The third kappa shape index (κ3) is 4.97. The van der Waals surface area contributed by atoms with E-state index in [-0.39, 0.29) is 29.4 Å². The van der Waals surface area contributed by atoms with E-state index >= 15 is 0 Å². The molecular weight excluding hydrogens is 404 g/mol. The maximum atomic E-state index is 9.84. The number of halogens is 1. The zero-order valence-corrected chi connectivity index (χ0v) is 18.7. The van der Waals surface area contributed by atoms with E-state index in [0.717, 1.165) is 12.8 Å². The summed E-state index contributed by atoms with van der Waals surface area (Å²) in [6.07, 6.45) is 3.15. The number of nitrogens with zero attached hydrogens (tertiary/aromatic N) is 4. The molecule has 3 rings (SSSR count). The molecule has 0 amide bonds. The third-order valence-electron chi connectivity index (χ3n) is 4.96. The molecule has 0 radical (unpaired) electrons. The van der Waals surface area contributed by atoms with Gasteiger partial charge in [0, 0.05) is 37.4 Å². The first kappa shape index (κ1) is 23.8. The molecule has 0 spiro atoms. The second kappa shape index (κ2) is 10.0. The predicted molar refractivity (Wildman–Crippen MR) is 122 cm³/mol. The lowest BCUT2D eigenvalue weighted by Crippen LogP contribution is -2.48. The van der Waals surface area contributed by atoms with Crippen molar-refractivity contribution in [2.75, 3.05) is 36.1 Å². The van der Waals surface area contributed by atoms with E-state index in [0.29, 0.717) is 41.0 Å². The Balaban J connectivity index is 0.00000155. The lowest BCUT2D eigenvalue weighted by Gasteiger charge is -2.37. The summed E-state index contributed by atoms with van der Waals surface area (Å²) in [4.78, 5) is 15.0. The Labute approximate surface area is 182 Å². The molecule has 0 aromatic carbocycles. The Kier molecular flexibility index (Phi) is 7.94. The fourth-order valence-corrected chi connectivity index (χ4v) is 3.49. The van der Waals surface area contributed by atoms with Gasteiger partial charge in [-0.2, -0.15) is 0 Å². The number of aliphatic hydroxyl groups is 1. The van der Waals surface area contributed by atoms with Gasteiger partial charge in [0.1, 0.15) is 17.2 Å². The number of hydrogen-bond donors (Lipinski definition) is 5. The Morgan fingerprint density at radius 1 is 1.33 bits per heavy atom. The first-order valence-electron chi connectivity index (χ1n) is 10.00. The highest BCUT2D eigenvalue weighted by molar-refractivity contribution is 6.37. The molecule has 3 heterocycles. The second-order valence-electron chi connectivity index (χ2n) is 7.17. The molecule has 164 valence electrons. The molecule has 1 aliphatic heterocycles. The lowest BCUT2D eigenvalue weighted by molar-refractivity contribution is 0.275. The summed E-state index contributed by atoms with van der Waals surface area (Å²) in [7, 11) is 1.69. The van der Waals surface area contributed by atoms with Gasteiger partial charge in [-0.15, -0.1) is 0 Å². The van der Waals surface area contributed by atoms with Crippen molar-refractivity contribution in [2.45, 2.75) is 45.8 Å². The van der Waals surface area contributed by atoms with Crippen molar-refractivity contribution >= 4 is 34.8 Å². The molecule has 0 saturated carbocycles. The van der Waals surface area contributed by atoms with E-state index in [1.807, 2.05) is 25.7 Å². The Hall–Kier alpha value is -2.49. The SMILES string of the molecule is CC.CNc1nccc(C(=N)c2nc(CO)c(N3CCC(C)(N)CC3)nc2N)c1Cl. The topological polar surface area (TPSA) is 150 Å². The van der Waals surface area contributed by atoms with Crippen molar-refractivity contribution in [1.29, 1.82) is 5.41 Å². The average molecular weight is 435 g/mol. The largest absolute Gasteiger partial charge is 0.390 e. The van der Waals surface area contributed by atoms with Crippen LogP contribution in [0.2, 0.25) is 5.02 Å². The second-order valence-corrected chi connectivity index (χ2v) is 7.55. The Morgan fingerprint density at radius 3 is 2.53 bits per heavy atom. The van der Waals surface area contributed by atoms with Crippen LogP contribution in [0.3, 0.4) is 0 Å². The van der Waals surface area contributed by atoms with Gasteiger partial charge in [-0.1, -0.05) is 25.4 Å². The highest BCUT2D eigenvalue weighted by Crippen LogP contribution is 2.29. The zero-order chi connectivity index (χ0) is 22.5. The predicted octanol–water partition coefficient (Wildman–Crippen LogP) is 2.40. The molecule has 9 nitrogen and oxygen atoms in total. The number of rotatable bonds is 5. The normalized spacial score (nSPS) is 15.2. The van der Waals surface area contributed by atoms with Gasteiger partial charge < -0.3 is 26.8 Å². The molecule has 0 aliphatic carbocycles. The van der Waals surface area contributed by atoms with Gasteiger partial charge in [0.05, 0.1) is 17.3 Å². The zero-order valence-electron chi connectivity index (χ0n) is 18.0. The van der Waals surface area contributed by atoms with E-state index in [4.69, 9.17) is 28.5 Å². The first-order valence-corrected chi connectivity index (χ1v) is 10.4. The highest BCUT2D eigenvalue weighted by atomic mass is 35.5. The van der Waals surface area contributed by atoms with Gasteiger partial charge in [0.15, 0.2) is 11.6 Å². The number of aromatic nitrogens is 3. The van der Waals surface area contributed by atoms with Crippen molar-refractivity contribution in [3.05, 3.63) is 34.2 Å². The van der Waals surface area contributed by atoms with Crippen molar-refractivity contribution in [3.8, 4) is 0 Å². The lowest BCUT2D eigenvalue weighted by atomic mass is 9.91. The van der Waals surface area contributed by atoms with Crippen LogP contribution in [0.4, 0.5) is 17.5 Å². The summed E-state index contributed by atoms with van der Waals surface area (Å²) >= 11 is 6.34. The van der Waals surface area contributed by atoms with Crippen molar-refractivity contribution in [2.24, 2.45) is 5.73 Å². The number of piperidine rings is 1. The summed E-state index contributed by atoms with van der Waals surface area (Å²) in [5.41, 5.74) is 13.1. The quantitative estimate of drug-likeness (QED) is 0.450. The molecule has 1 aliphatic rings. The van der Waals surface area contributed by atoms with Crippen LogP contribution in [0.1, 0.15) is 50.6 Å². The molecule has 0 bridgehead atoms. The Bertz CT molecular complexity index is 893. The molecule has 2 aromatic heterocycles. The van der Waals surface area contributed by atoms with Gasteiger partial charge in [0.25, 0.3) is 0 Å². The number of pyridine rings is 1. The van der Waals surface area contributed by atoms with Crippen molar-refractivity contribution in [1.82, 2.24) is 15.0 Å². The van der Waals surface area contributed by atoms with Crippen LogP contribution in [0.25, 0.3) is 0 Å². The summed E-state index contributed by atoms with van der Waals surface area (Å²) in [6.45, 7) is 7.12. The van der Waals surface area contributed by atoms with Crippen LogP contribution in [-0.4, -0.2) is 51.4 Å². The minimum absolute atomic E-state index is 0.0170. The molecular formula is C20H31ClN8O. The summed E-state index contributed by atoms with van der Waals surface area (Å²) < 4.78 is 0. The third-order valence-corrected chi connectivity index (χ3v) is 5.34. The van der Waals surface area contributed by atoms with Crippen LogP contribution in [-0.2, 0) is 6.61 Å². The van der Waals surface area contributed by atoms with Gasteiger partial charge >= 0.3 is 0 Å². The van der Waals surface area contributed by atoms with Gasteiger partial charge in [-0.3, -0.25) is 5.41 Å². The van der Waals surface area contributed by atoms with Crippen molar-refractivity contribution in [3.63, 3.8) is 0 Å². The number of nitrogens with two attached hydrogens (primary N) is 2. The summed E-state index contributed by atoms with van der Waals surface area (Å²) in [5, 5.41) is 21.5. The number of aliphatic hydroxyl groups excluding tert-OH is 1. The van der Waals surface area contributed by atoms with E-state index in [9.17, 15) is 5.11 Å². The average Bonchev–Trinajstić information content (AvgIpc) is 2.75. The molecule has 1 saturated heterocycles. The fraction of sp³-hybridized carbons (Fsp3) is 0.500. The van der Waals surface area contributed by atoms with Crippen LogP contribution in [0, 0.1) is 5.41 Å². The van der Waals surface area contributed by atoms with Gasteiger partial charge in [-0.05, 0) is 25.8 Å². The molecule has 0 atom stereocenters. The minimum Gasteiger partial charge on any atom is -0.390 e. The maximum Gasteiger partial charge on any atom is 0.155 e. The molecule has 10 heteroatoms. The molecule has 7 N–H and O–H groups in total. The van der Waals surface area contributed by atoms with Crippen LogP contribution < -0.4 is 21.7 Å². The van der Waals surface area contributed by atoms with Gasteiger partial charge in [-0.25, -0.2) is 15.0 Å². The van der Waals surface area contributed by atoms with Crippen LogP contribution in [0.15, 0.2) is 12.3 Å². The fourth-order valence-electron chi connectivity index (χ4n) is 3.19. The number of hydrogen-bond acceptors (Lipinski definition) is 9. The molecule has 0 unspecified atom stereocenters. The highest BCUT2D eigenvalue weighted by Gasteiger charge is 2.29. The van der Waals surface area contributed by atoms with Crippen LogP contribution >= 0.6 is 11.6 Å². The maximum absolute atomic E-state index is 9.84. The Morgan fingerprint density at radius 2 is 1.97 bits per heavy atom. The van der Waals surface area contributed by atoms with E-state index in [1.165, 1.54) is 0 Å². The minimum atomic E-state index is -0.314. The van der Waals surface area contributed by atoms with Crippen LogP contribution in [0.5, 0.6) is 0 Å². The van der Waals surface area contributed by atoms with E-state index < -0.39 is 0 Å². The number of nitrogens with one attached hydrogen (secondary N) is 2. The van der Waals surface area contributed by atoms with E-state index in [1.54, 1.807) is 19.3 Å². The molecule has 30 heavy (non-hydrogen) atoms. The number of anilines is 3. The molecule has 2 aromatic rings. The summed E-state index contributed by atoms with van der Waals surface area (Å²) in [5.74, 6) is 1.09. The first-order chi connectivity index (χ1) is 14.3.